The van der Waals surface area contributed by atoms with Crippen molar-refractivity contribution in [2.24, 2.45) is 0 Å². The molecule has 7 heteroatoms. The first-order chi connectivity index (χ1) is 14.8. The van der Waals surface area contributed by atoms with Crippen LogP contribution in [0.2, 0.25) is 0 Å². The molecule has 0 saturated carbocycles. The minimum Gasteiger partial charge on any atom is -0.350 e. The Labute approximate surface area is 184 Å². The summed E-state index contributed by atoms with van der Waals surface area (Å²) >= 11 is 0. The van der Waals surface area contributed by atoms with E-state index in [-0.39, 0.29) is 16.8 Å². The number of amides is 1. The summed E-state index contributed by atoms with van der Waals surface area (Å²) in [7, 11) is 0.187. The quantitative estimate of drug-likeness (QED) is 0.561. The molecule has 0 aromatic heterocycles. The third kappa shape index (κ3) is 5.71. The van der Waals surface area contributed by atoms with Gasteiger partial charge in [-0.25, -0.2) is 8.42 Å². The van der Waals surface area contributed by atoms with E-state index in [1.165, 1.54) is 24.3 Å². The van der Waals surface area contributed by atoms with Gasteiger partial charge in [-0.2, -0.15) is 0 Å². The maximum absolute atomic E-state index is 12.7. The zero-order valence-corrected chi connectivity index (χ0v) is 18.7. The molecule has 0 aliphatic rings. The molecule has 6 nitrogen and oxygen atoms in total. The number of carbonyl (C=O) groups is 1. The smallest absolute Gasteiger partial charge is 0.261 e. The summed E-state index contributed by atoms with van der Waals surface area (Å²) in [4.78, 5) is 14.7. The Hall–Kier alpha value is -3.16. The van der Waals surface area contributed by atoms with E-state index < -0.39 is 10.0 Å². The van der Waals surface area contributed by atoms with Crippen LogP contribution in [0.4, 0.5) is 5.69 Å². The first kappa shape index (κ1) is 22.5. The summed E-state index contributed by atoms with van der Waals surface area (Å²) in [6.45, 7) is 2.27. The standard InChI is InChI=1S/C24H27N3O3S/c1-18-9-7-8-12-22(18)26-31(29,30)21-15-13-20(14-16-21)24(28)25-17-23(27(2)3)19-10-5-4-6-11-19/h4-16,23,26H,17H2,1-3H3,(H,25,28)/t23-/m0/s1. The summed E-state index contributed by atoms with van der Waals surface area (Å²) in [6.07, 6.45) is 0. The van der Waals surface area contributed by atoms with Crippen LogP contribution >= 0.6 is 0 Å². The van der Waals surface area contributed by atoms with Crippen molar-refractivity contribution in [2.45, 2.75) is 17.9 Å². The van der Waals surface area contributed by atoms with Crippen LogP contribution in [0.3, 0.4) is 0 Å². The molecular weight excluding hydrogens is 410 g/mol. The van der Waals surface area contributed by atoms with E-state index in [1.807, 2.05) is 68.4 Å². The number of nitrogens with zero attached hydrogens (tertiary/aromatic N) is 1. The Kier molecular flexibility index (Phi) is 7.09. The van der Waals surface area contributed by atoms with Crippen molar-refractivity contribution in [3.63, 3.8) is 0 Å². The molecule has 0 spiro atoms. The van der Waals surface area contributed by atoms with Crippen LogP contribution in [0.25, 0.3) is 0 Å². The lowest BCUT2D eigenvalue weighted by Crippen LogP contribution is -2.34. The maximum Gasteiger partial charge on any atom is 0.261 e. The zero-order chi connectivity index (χ0) is 22.4. The van der Waals surface area contributed by atoms with Gasteiger partial charge in [0.1, 0.15) is 0 Å². The van der Waals surface area contributed by atoms with Crippen molar-refractivity contribution in [1.29, 1.82) is 0 Å². The number of hydrogen-bond donors (Lipinski definition) is 2. The van der Waals surface area contributed by atoms with Crippen molar-refractivity contribution in [3.05, 3.63) is 95.6 Å². The molecule has 3 rings (SSSR count). The lowest BCUT2D eigenvalue weighted by molar-refractivity contribution is 0.0942. The van der Waals surface area contributed by atoms with Crippen molar-refractivity contribution in [2.75, 3.05) is 25.4 Å². The van der Waals surface area contributed by atoms with Gasteiger partial charge in [0.2, 0.25) is 0 Å². The molecule has 1 amide bonds. The first-order valence-corrected chi connectivity index (χ1v) is 11.4. The van der Waals surface area contributed by atoms with Crippen molar-refractivity contribution in [3.8, 4) is 0 Å². The molecule has 0 saturated heterocycles. The normalized spacial score (nSPS) is 12.4. The molecular formula is C24H27N3O3S. The predicted octanol–water partition coefficient (Wildman–Crippen LogP) is 3.83. The van der Waals surface area contributed by atoms with Gasteiger partial charge in [0.25, 0.3) is 15.9 Å². The summed E-state index contributed by atoms with van der Waals surface area (Å²) in [5, 5.41) is 2.94. The highest BCUT2D eigenvalue weighted by molar-refractivity contribution is 7.92. The monoisotopic (exact) mass is 437 g/mol. The molecule has 0 aliphatic heterocycles. The molecule has 0 heterocycles. The number of anilines is 1. The van der Waals surface area contributed by atoms with Gasteiger partial charge < -0.3 is 10.2 Å². The van der Waals surface area contributed by atoms with Crippen LogP contribution in [-0.2, 0) is 10.0 Å². The Morgan fingerprint density at radius 3 is 2.13 bits per heavy atom. The first-order valence-electron chi connectivity index (χ1n) is 9.96. The Balaban J connectivity index is 1.68. The fourth-order valence-corrected chi connectivity index (χ4v) is 4.37. The molecule has 1 atom stereocenters. The molecule has 3 aromatic rings. The summed E-state index contributed by atoms with van der Waals surface area (Å²) in [5.41, 5.74) is 2.87. The van der Waals surface area contributed by atoms with Gasteiger partial charge >= 0.3 is 0 Å². The summed E-state index contributed by atoms with van der Waals surface area (Å²) in [5.74, 6) is -0.251. The van der Waals surface area contributed by atoms with Gasteiger partial charge in [-0.05, 0) is 62.5 Å². The van der Waals surface area contributed by atoms with Crippen molar-refractivity contribution < 1.29 is 13.2 Å². The molecule has 0 fully saturated rings. The van der Waals surface area contributed by atoms with Gasteiger partial charge in [-0.3, -0.25) is 9.52 Å². The average molecular weight is 438 g/mol. The van der Waals surface area contributed by atoms with E-state index in [9.17, 15) is 13.2 Å². The van der Waals surface area contributed by atoms with E-state index >= 15 is 0 Å². The van der Waals surface area contributed by atoms with Crippen LogP contribution < -0.4 is 10.0 Å². The minimum atomic E-state index is -3.74. The van der Waals surface area contributed by atoms with Crippen LogP contribution in [0.5, 0.6) is 0 Å². The highest BCUT2D eigenvalue weighted by atomic mass is 32.2. The second-order valence-electron chi connectivity index (χ2n) is 7.54. The van der Waals surface area contributed by atoms with E-state index in [0.717, 1.165) is 11.1 Å². The fourth-order valence-electron chi connectivity index (χ4n) is 3.24. The van der Waals surface area contributed by atoms with Gasteiger partial charge in [0.05, 0.1) is 16.6 Å². The molecule has 3 aromatic carbocycles. The van der Waals surface area contributed by atoms with Gasteiger partial charge in [0, 0.05) is 12.1 Å². The number of benzene rings is 3. The van der Waals surface area contributed by atoms with Gasteiger partial charge in [-0.1, -0.05) is 48.5 Å². The molecule has 162 valence electrons. The number of rotatable bonds is 8. The lowest BCUT2D eigenvalue weighted by atomic mass is 10.1. The van der Waals surface area contributed by atoms with Crippen LogP contribution in [0.1, 0.15) is 27.5 Å². The Bertz CT molecular complexity index is 1130. The van der Waals surface area contributed by atoms with Crippen LogP contribution in [-0.4, -0.2) is 39.9 Å². The maximum atomic E-state index is 12.7. The highest BCUT2D eigenvalue weighted by Gasteiger charge is 2.18. The van der Waals surface area contributed by atoms with Crippen LogP contribution in [0, 0.1) is 6.92 Å². The predicted molar refractivity (Wildman–Crippen MR) is 124 cm³/mol. The molecule has 0 radical (unpaired) electrons. The minimum absolute atomic E-state index is 0.0307. The number of hydrogen-bond acceptors (Lipinski definition) is 4. The van der Waals surface area contributed by atoms with E-state index in [2.05, 4.69) is 10.0 Å². The number of aryl methyl sites for hydroxylation is 1. The number of carbonyl (C=O) groups excluding carboxylic acids is 1. The number of sulfonamides is 1. The lowest BCUT2D eigenvalue weighted by Gasteiger charge is -2.25. The summed E-state index contributed by atoms with van der Waals surface area (Å²) < 4.78 is 27.9. The number of nitrogens with one attached hydrogen (secondary N) is 2. The average Bonchev–Trinajstić information content (AvgIpc) is 2.76. The SMILES string of the molecule is Cc1ccccc1NS(=O)(=O)c1ccc(C(=O)NC[C@@H](c2ccccc2)N(C)C)cc1. The third-order valence-corrected chi connectivity index (χ3v) is 6.46. The van der Waals surface area contributed by atoms with Gasteiger partial charge in [0.15, 0.2) is 0 Å². The molecule has 0 unspecified atom stereocenters. The highest BCUT2D eigenvalue weighted by Crippen LogP contribution is 2.20. The number of para-hydroxylation sites is 1. The Morgan fingerprint density at radius 2 is 1.52 bits per heavy atom. The van der Waals surface area contributed by atoms with Crippen molar-refractivity contribution in [1.82, 2.24) is 10.2 Å². The number of likely N-dealkylation sites (N-methyl/N-ethyl adjacent to an activating group) is 1. The Morgan fingerprint density at radius 1 is 0.903 bits per heavy atom. The van der Waals surface area contributed by atoms with Crippen LogP contribution in [0.15, 0.2) is 83.8 Å². The molecule has 2 N–H and O–H groups in total. The third-order valence-electron chi connectivity index (χ3n) is 5.08. The van der Waals surface area contributed by atoms with Crippen molar-refractivity contribution >= 4 is 21.6 Å². The fraction of sp³-hybridized carbons (Fsp3) is 0.208. The topological polar surface area (TPSA) is 78.5 Å². The zero-order valence-electron chi connectivity index (χ0n) is 17.9. The summed E-state index contributed by atoms with van der Waals surface area (Å²) in [6, 6.07) is 23.1. The second-order valence-corrected chi connectivity index (χ2v) is 9.23. The second kappa shape index (κ2) is 9.76. The van der Waals surface area contributed by atoms with E-state index in [1.54, 1.807) is 12.1 Å². The van der Waals surface area contributed by atoms with E-state index in [4.69, 9.17) is 0 Å². The van der Waals surface area contributed by atoms with Gasteiger partial charge in [-0.15, -0.1) is 0 Å². The molecule has 31 heavy (non-hydrogen) atoms. The molecule has 0 bridgehead atoms. The largest absolute Gasteiger partial charge is 0.350 e. The molecule has 0 aliphatic carbocycles. The van der Waals surface area contributed by atoms with E-state index in [0.29, 0.717) is 17.8 Å².